The summed E-state index contributed by atoms with van der Waals surface area (Å²) in [7, 11) is 0. The van der Waals surface area contributed by atoms with Crippen LogP contribution in [0.1, 0.15) is 26.2 Å². The first-order chi connectivity index (χ1) is 13.6. The Bertz CT molecular complexity index is 685. The van der Waals surface area contributed by atoms with E-state index in [0.717, 1.165) is 19.3 Å². The molecule has 0 radical (unpaired) electrons. The van der Waals surface area contributed by atoms with E-state index in [2.05, 4.69) is 33.1 Å². The lowest BCUT2D eigenvalue weighted by atomic mass is 9.85. The number of carbonyl (C=O) groups excluding carboxylic acids is 3. The number of likely N-dealkylation sites (tertiary alicyclic amines) is 1. The SMILES string of the molecule is CCNC(=NCCNC(=O)C1CC1)NCCN1C(=O)C2C3C=CC(C3)C2C1=O. The van der Waals surface area contributed by atoms with Gasteiger partial charge in [-0.05, 0) is 38.0 Å². The zero-order chi connectivity index (χ0) is 19.7. The second-order valence-corrected chi connectivity index (χ2v) is 8.08. The summed E-state index contributed by atoms with van der Waals surface area (Å²) in [4.78, 5) is 42.9. The Morgan fingerprint density at radius 1 is 1.07 bits per heavy atom. The number of carbonyl (C=O) groups is 3. The van der Waals surface area contributed by atoms with Crippen LogP contribution in [0.3, 0.4) is 0 Å². The zero-order valence-electron chi connectivity index (χ0n) is 16.3. The van der Waals surface area contributed by atoms with Crippen LogP contribution in [0.25, 0.3) is 0 Å². The van der Waals surface area contributed by atoms with E-state index >= 15 is 0 Å². The molecule has 8 nitrogen and oxygen atoms in total. The maximum atomic E-state index is 12.7. The Labute approximate surface area is 165 Å². The molecule has 4 rings (SSSR count). The third-order valence-corrected chi connectivity index (χ3v) is 6.16. The number of fused-ring (bicyclic) bond motifs is 5. The number of nitrogens with one attached hydrogen (secondary N) is 3. The minimum absolute atomic E-state index is 0.0154. The minimum Gasteiger partial charge on any atom is -0.357 e. The fraction of sp³-hybridized carbons (Fsp3) is 0.700. The van der Waals surface area contributed by atoms with Crippen molar-refractivity contribution in [2.75, 3.05) is 32.7 Å². The van der Waals surface area contributed by atoms with Gasteiger partial charge in [0.05, 0.1) is 18.4 Å². The van der Waals surface area contributed by atoms with Gasteiger partial charge in [0.15, 0.2) is 5.96 Å². The molecule has 3 aliphatic carbocycles. The second kappa shape index (κ2) is 7.93. The minimum atomic E-state index is -0.139. The molecule has 1 aliphatic heterocycles. The van der Waals surface area contributed by atoms with E-state index in [1.807, 2.05) is 6.92 Å². The molecular formula is C20H29N5O3. The fourth-order valence-electron chi connectivity index (χ4n) is 4.65. The molecule has 3 N–H and O–H groups in total. The van der Waals surface area contributed by atoms with E-state index in [1.165, 1.54) is 4.90 Å². The number of nitrogens with zero attached hydrogens (tertiary/aromatic N) is 2. The van der Waals surface area contributed by atoms with Gasteiger partial charge >= 0.3 is 0 Å². The van der Waals surface area contributed by atoms with Gasteiger partial charge in [-0.2, -0.15) is 0 Å². The Hall–Kier alpha value is -2.38. The molecule has 0 aromatic rings. The molecule has 8 heteroatoms. The van der Waals surface area contributed by atoms with Crippen molar-refractivity contribution in [3.63, 3.8) is 0 Å². The lowest BCUT2D eigenvalue weighted by molar-refractivity contribution is -0.140. The van der Waals surface area contributed by atoms with Crippen LogP contribution in [0, 0.1) is 29.6 Å². The lowest BCUT2D eigenvalue weighted by Gasteiger charge is -2.18. The Balaban J connectivity index is 1.23. The molecule has 4 aliphatic rings. The molecular weight excluding hydrogens is 358 g/mol. The third-order valence-electron chi connectivity index (χ3n) is 6.16. The predicted molar refractivity (Wildman–Crippen MR) is 104 cm³/mol. The van der Waals surface area contributed by atoms with Crippen molar-refractivity contribution < 1.29 is 14.4 Å². The van der Waals surface area contributed by atoms with Gasteiger partial charge in [0.1, 0.15) is 0 Å². The molecule has 1 heterocycles. The summed E-state index contributed by atoms with van der Waals surface area (Å²) in [6.07, 6.45) is 7.15. The normalized spacial score (nSPS) is 30.8. The number of rotatable bonds is 8. The van der Waals surface area contributed by atoms with Crippen LogP contribution in [0.2, 0.25) is 0 Å². The summed E-state index contributed by atoms with van der Waals surface area (Å²) in [6.45, 7) is 4.49. The molecule has 0 aromatic heterocycles. The quantitative estimate of drug-likeness (QED) is 0.177. The molecule has 0 aromatic carbocycles. The van der Waals surface area contributed by atoms with Crippen molar-refractivity contribution in [1.29, 1.82) is 0 Å². The van der Waals surface area contributed by atoms with Crippen LogP contribution in [0.5, 0.6) is 0 Å². The number of hydrogen-bond donors (Lipinski definition) is 3. The third kappa shape index (κ3) is 3.64. The van der Waals surface area contributed by atoms with E-state index in [9.17, 15) is 14.4 Å². The highest BCUT2D eigenvalue weighted by atomic mass is 16.2. The molecule has 4 atom stereocenters. The van der Waals surface area contributed by atoms with Crippen LogP contribution in [-0.2, 0) is 14.4 Å². The van der Waals surface area contributed by atoms with Crippen molar-refractivity contribution in [3.8, 4) is 0 Å². The average molecular weight is 387 g/mol. The second-order valence-electron chi connectivity index (χ2n) is 8.08. The van der Waals surface area contributed by atoms with Gasteiger partial charge in [-0.25, -0.2) is 0 Å². The summed E-state index contributed by atoms with van der Waals surface area (Å²) >= 11 is 0. The highest BCUT2D eigenvalue weighted by molar-refractivity contribution is 6.06. The molecule has 3 amide bonds. The average Bonchev–Trinajstić information content (AvgIpc) is 3.26. The van der Waals surface area contributed by atoms with E-state index < -0.39 is 0 Å². The molecule has 1 saturated heterocycles. The van der Waals surface area contributed by atoms with Crippen LogP contribution < -0.4 is 16.0 Å². The van der Waals surface area contributed by atoms with E-state index in [1.54, 1.807) is 0 Å². The number of imide groups is 1. The van der Waals surface area contributed by atoms with Gasteiger partial charge < -0.3 is 16.0 Å². The first-order valence-electron chi connectivity index (χ1n) is 10.4. The molecule has 152 valence electrons. The first kappa shape index (κ1) is 19.0. The number of hydrogen-bond acceptors (Lipinski definition) is 4. The monoisotopic (exact) mass is 387 g/mol. The maximum Gasteiger partial charge on any atom is 0.233 e. The summed E-state index contributed by atoms with van der Waals surface area (Å²) in [5, 5.41) is 9.21. The first-order valence-corrected chi connectivity index (χ1v) is 10.4. The van der Waals surface area contributed by atoms with Gasteiger partial charge in [-0.15, -0.1) is 0 Å². The zero-order valence-corrected chi connectivity index (χ0v) is 16.3. The van der Waals surface area contributed by atoms with Crippen molar-refractivity contribution in [1.82, 2.24) is 20.9 Å². The summed E-state index contributed by atoms with van der Waals surface area (Å²) < 4.78 is 0. The largest absolute Gasteiger partial charge is 0.357 e. The number of amides is 3. The van der Waals surface area contributed by atoms with Crippen molar-refractivity contribution in [2.24, 2.45) is 34.6 Å². The standard InChI is InChI=1S/C20H29N5O3/c1-2-21-20(23-8-7-22-17(26)12-3-4-12)24-9-10-25-18(27)15-13-5-6-14(11-13)16(15)19(25)28/h5-6,12-16H,2-4,7-11H2,1H3,(H,22,26)(H2,21,23,24). The molecule has 2 bridgehead atoms. The highest BCUT2D eigenvalue weighted by Crippen LogP contribution is 2.52. The number of guanidine groups is 1. The molecule has 4 unspecified atom stereocenters. The van der Waals surface area contributed by atoms with E-state index in [0.29, 0.717) is 38.7 Å². The smallest absolute Gasteiger partial charge is 0.233 e. The van der Waals surface area contributed by atoms with Gasteiger partial charge in [0.2, 0.25) is 17.7 Å². The predicted octanol–water partition coefficient (Wildman–Crippen LogP) is -0.125. The van der Waals surface area contributed by atoms with Crippen molar-refractivity contribution in [3.05, 3.63) is 12.2 Å². The number of allylic oxidation sites excluding steroid dienone is 2. The van der Waals surface area contributed by atoms with Crippen LogP contribution >= 0.6 is 0 Å². The molecule has 0 spiro atoms. The Kier molecular flexibility index (Phi) is 5.37. The summed E-state index contributed by atoms with van der Waals surface area (Å²) in [5.74, 6) is 1.13. The number of aliphatic imine (C=N–C) groups is 1. The highest BCUT2D eigenvalue weighted by Gasteiger charge is 2.58. The van der Waals surface area contributed by atoms with E-state index in [4.69, 9.17) is 0 Å². The van der Waals surface area contributed by atoms with Crippen molar-refractivity contribution in [2.45, 2.75) is 26.2 Å². The van der Waals surface area contributed by atoms with Crippen LogP contribution in [-0.4, -0.2) is 61.3 Å². The van der Waals surface area contributed by atoms with Crippen molar-refractivity contribution >= 4 is 23.7 Å². The summed E-state index contributed by atoms with van der Waals surface area (Å²) in [6, 6.07) is 0. The Morgan fingerprint density at radius 3 is 2.36 bits per heavy atom. The molecule has 3 fully saturated rings. The Morgan fingerprint density at radius 2 is 1.75 bits per heavy atom. The topological polar surface area (TPSA) is 103 Å². The maximum absolute atomic E-state index is 12.7. The molecule has 28 heavy (non-hydrogen) atoms. The van der Waals surface area contributed by atoms with Crippen LogP contribution in [0.4, 0.5) is 0 Å². The fourth-order valence-corrected chi connectivity index (χ4v) is 4.65. The van der Waals surface area contributed by atoms with Gasteiger partial charge in [0, 0.05) is 32.1 Å². The molecule has 2 saturated carbocycles. The lowest BCUT2D eigenvalue weighted by Crippen LogP contribution is -2.44. The van der Waals surface area contributed by atoms with Gasteiger partial charge in [0.25, 0.3) is 0 Å². The van der Waals surface area contributed by atoms with Gasteiger partial charge in [-0.3, -0.25) is 24.3 Å². The van der Waals surface area contributed by atoms with E-state index in [-0.39, 0.29) is 47.3 Å². The summed E-state index contributed by atoms with van der Waals surface area (Å²) in [5.41, 5.74) is 0. The van der Waals surface area contributed by atoms with Gasteiger partial charge in [-0.1, -0.05) is 12.2 Å². The van der Waals surface area contributed by atoms with Crippen LogP contribution in [0.15, 0.2) is 17.1 Å².